The van der Waals surface area contributed by atoms with Crippen molar-refractivity contribution in [1.82, 2.24) is 10.6 Å². The highest BCUT2D eigenvalue weighted by molar-refractivity contribution is 5.84. The summed E-state index contributed by atoms with van der Waals surface area (Å²) in [7, 11) is 0. The molecule has 0 bridgehead atoms. The number of esters is 1. The predicted octanol–water partition coefficient (Wildman–Crippen LogP) is 2.89. The van der Waals surface area contributed by atoms with Crippen molar-refractivity contribution >= 4 is 12.0 Å². The molecule has 1 atom stereocenters. The van der Waals surface area contributed by atoms with Crippen LogP contribution in [0.1, 0.15) is 40.2 Å². The first-order valence-electron chi connectivity index (χ1n) is 7.98. The molecule has 0 heterocycles. The van der Waals surface area contributed by atoms with Crippen LogP contribution in [0.25, 0.3) is 0 Å². The van der Waals surface area contributed by atoms with E-state index in [1.165, 1.54) is 0 Å². The molecular formula is C18H28N2O3. The van der Waals surface area contributed by atoms with Gasteiger partial charge in [0, 0.05) is 13.0 Å². The lowest BCUT2D eigenvalue weighted by Gasteiger charge is -2.25. The molecule has 5 nitrogen and oxygen atoms in total. The summed E-state index contributed by atoms with van der Waals surface area (Å²) in [6.45, 7) is 10.00. The molecule has 0 aliphatic rings. The summed E-state index contributed by atoms with van der Waals surface area (Å²) in [6.07, 6.45) is 0.394. The number of hydrogen-bond donors (Lipinski definition) is 2. The van der Waals surface area contributed by atoms with E-state index in [-0.39, 0.29) is 6.03 Å². The van der Waals surface area contributed by atoms with Crippen LogP contribution >= 0.6 is 0 Å². The minimum absolute atomic E-state index is 0.342. The van der Waals surface area contributed by atoms with Gasteiger partial charge in [-0.05, 0) is 32.3 Å². The van der Waals surface area contributed by atoms with Gasteiger partial charge >= 0.3 is 12.0 Å². The van der Waals surface area contributed by atoms with Crippen molar-refractivity contribution in [3.63, 3.8) is 0 Å². The second kappa shape index (κ2) is 8.56. The number of rotatable bonds is 6. The maximum absolute atomic E-state index is 12.4. The molecule has 1 rings (SSSR count). The van der Waals surface area contributed by atoms with Crippen molar-refractivity contribution in [2.75, 3.05) is 6.54 Å². The van der Waals surface area contributed by atoms with Gasteiger partial charge in [-0.15, -0.1) is 0 Å². The maximum atomic E-state index is 12.4. The van der Waals surface area contributed by atoms with Crippen LogP contribution in [0, 0.1) is 5.92 Å². The molecule has 0 saturated carbocycles. The fourth-order valence-corrected chi connectivity index (χ4v) is 1.92. The maximum Gasteiger partial charge on any atom is 0.329 e. The lowest BCUT2D eigenvalue weighted by Crippen LogP contribution is -2.49. The van der Waals surface area contributed by atoms with E-state index in [0.29, 0.717) is 18.9 Å². The van der Waals surface area contributed by atoms with E-state index in [0.717, 1.165) is 5.56 Å². The summed E-state index contributed by atoms with van der Waals surface area (Å²) in [4.78, 5) is 24.4. The molecule has 2 N–H and O–H groups in total. The normalized spacial score (nSPS) is 12.6. The molecule has 0 aromatic heterocycles. The minimum Gasteiger partial charge on any atom is -0.458 e. The zero-order valence-corrected chi connectivity index (χ0v) is 14.7. The number of nitrogens with one attached hydrogen (secondary N) is 2. The molecular weight excluding hydrogens is 292 g/mol. The van der Waals surface area contributed by atoms with Gasteiger partial charge in [-0.25, -0.2) is 9.59 Å². The number of urea groups is 1. The molecule has 128 valence electrons. The van der Waals surface area contributed by atoms with Crippen LogP contribution < -0.4 is 10.6 Å². The van der Waals surface area contributed by atoms with Crippen LogP contribution in [-0.4, -0.2) is 30.2 Å². The monoisotopic (exact) mass is 320 g/mol. The standard InChI is InChI=1S/C18H28N2O3/c1-13(2)12-19-17(22)20-15(16(21)23-18(3,4)5)11-14-9-7-6-8-10-14/h6-10,13,15H,11-12H2,1-5H3,(H2,19,20,22)/t15-/m0/s1. The summed E-state index contributed by atoms with van der Waals surface area (Å²) in [5.74, 6) is -0.0871. The Morgan fingerprint density at radius 1 is 1.13 bits per heavy atom. The van der Waals surface area contributed by atoms with Crippen molar-refractivity contribution in [3.8, 4) is 0 Å². The Labute approximate surface area is 138 Å². The largest absolute Gasteiger partial charge is 0.458 e. The topological polar surface area (TPSA) is 67.4 Å². The van der Waals surface area contributed by atoms with E-state index >= 15 is 0 Å². The van der Waals surface area contributed by atoms with Crippen molar-refractivity contribution in [2.45, 2.75) is 52.7 Å². The molecule has 5 heteroatoms. The zero-order chi connectivity index (χ0) is 17.5. The first-order valence-corrected chi connectivity index (χ1v) is 7.98. The molecule has 0 saturated heterocycles. The van der Waals surface area contributed by atoms with Gasteiger partial charge in [0.25, 0.3) is 0 Å². The van der Waals surface area contributed by atoms with Crippen LogP contribution in [0.2, 0.25) is 0 Å². The Bertz CT molecular complexity index is 507. The highest BCUT2D eigenvalue weighted by Crippen LogP contribution is 2.11. The van der Waals surface area contributed by atoms with Crippen LogP contribution in [0.3, 0.4) is 0 Å². The molecule has 0 spiro atoms. The van der Waals surface area contributed by atoms with Gasteiger partial charge in [0.05, 0.1) is 0 Å². The van der Waals surface area contributed by atoms with Crippen molar-refractivity contribution in [1.29, 1.82) is 0 Å². The third-order valence-corrected chi connectivity index (χ3v) is 2.95. The summed E-state index contributed by atoms with van der Waals surface area (Å²) in [6, 6.07) is 8.49. The van der Waals surface area contributed by atoms with Gasteiger partial charge in [0.2, 0.25) is 0 Å². The number of amides is 2. The van der Waals surface area contributed by atoms with Gasteiger partial charge in [0.15, 0.2) is 0 Å². The molecule has 1 aromatic carbocycles. The summed E-state index contributed by atoms with van der Waals surface area (Å²) < 4.78 is 5.42. The Morgan fingerprint density at radius 2 is 1.74 bits per heavy atom. The average molecular weight is 320 g/mol. The SMILES string of the molecule is CC(C)CNC(=O)N[C@@H](Cc1ccccc1)C(=O)OC(C)(C)C. The fraction of sp³-hybridized carbons (Fsp3) is 0.556. The second-order valence-electron chi connectivity index (χ2n) is 7.02. The molecule has 0 aliphatic heterocycles. The molecule has 2 amide bonds. The fourth-order valence-electron chi connectivity index (χ4n) is 1.92. The summed E-state index contributed by atoms with van der Waals surface area (Å²) in [5.41, 5.74) is 0.370. The smallest absolute Gasteiger partial charge is 0.329 e. The average Bonchev–Trinajstić information content (AvgIpc) is 2.43. The van der Waals surface area contributed by atoms with E-state index in [1.54, 1.807) is 0 Å². The predicted molar refractivity (Wildman–Crippen MR) is 91.2 cm³/mol. The van der Waals surface area contributed by atoms with Gasteiger partial charge in [-0.1, -0.05) is 44.2 Å². The number of benzene rings is 1. The molecule has 0 unspecified atom stereocenters. The Balaban J connectivity index is 2.75. The molecule has 0 radical (unpaired) electrons. The molecule has 23 heavy (non-hydrogen) atoms. The Kier molecular flexibility index (Phi) is 7.07. The van der Waals surface area contributed by atoms with Crippen molar-refractivity contribution in [2.24, 2.45) is 5.92 Å². The van der Waals surface area contributed by atoms with E-state index in [4.69, 9.17) is 4.74 Å². The van der Waals surface area contributed by atoms with E-state index < -0.39 is 17.6 Å². The van der Waals surface area contributed by atoms with Crippen molar-refractivity contribution in [3.05, 3.63) is 35.9 Å². The quantitative estimate of drug-likeness (QED) is 0.792. The zero-order valence-electron chi connectivity index (χ0n) is 14.7. The van der Waals surface area contributed by atoms with Gasteiger partial charge in [-0.3, -0.25) is 0 Å². The Morgan fingerprint density at radius 3 is 2.26 bits per heavy atom. The van der Waals surface area contributed by atoms with Gasteiger partial charge in [-0.2, -0.15) is 0 Å². The lowest BCUT2D eigenvalue weighted by molar-refractivity contribution is -0.157. The third kappa shape index (κ3) is 8.24. The third-order valence-electron chi connectivity index (χ3n) is 2.95. The second-order valence-corrected chi connectivity index (χ2v) is 7.02. The van der Waals surface area contributed by atoms with E-state index in [9.17, 15) is 9.59 Å². The van der Waals surface area contributed by atoms with E-state index in [1.807, 2.05) is 65.0 Å². The minimum atomic E-state index is -0.719. The number of ether oxygens (including phenoxy) is 1. The number of carbonyl (C=O) groups is 2. The first-order chi connectivity index (χ1) is 10.7. The van der Waals surface area contributed by atoms with Crippen molar-refractivity contribution < 1.29 is 14.3 Å². The molecule has 0 fully saturated rings. The van der Waals surface area contributed by atoms with E-state index in [2.05, 4.69) is 10.6 Å². The number of hydrogen-bond acceptors (Lipinski definition) is 3. The summed E-state index contributed by atoms with van der Waals surface area (Å²) in [5, 5.41) is 5.48. The highest BCUT2D eigenvalue weighted by Gasteiger charge is 2.26. The van der Waals surface area contributed by atoms with Crippen LogP contribution in [0.4, 0.5) is 4.79 Å². The summed E-state index contributed by atoms with van der Waals surface area (Å²) >= 11 is 0. The lowest BCUT2D eigenvalue weighted by atomic mass is 10.1. The van der Waals surface area contributed by atoms with Gasteiger partial charge < -0.3 is 15.4 Å². The van der Waals surface area contributed by atoms with Crippen LogP contribution in [-0.2, 0) is 16.0 Å². The highest BCUT2D eigenvalue weighted by atomic mass is 16.6. The molecule has 0 aliphatic carbocycles. The Hall–Kier alpha value is -2.04. The molecule has 1 aromatic rings. The van der Waals surface area contributed by atoms with Gasteiger partial charge in [0.1, 0.15) is 11.6 Å². The van der Waals surface area contributed by atoms with Crippen LogP contribution in [0.5, 0.6) is 0 Å². The first kappa shape index (κ1) is 19.0. The number of carbonyl (C=O) groups excluding carboxylic acids is 2. The van der Waals surface area contributed by atoms with Crippen LogP contribution in [0.15, 0.2) is 30.3 Å².